The molecule has 0 amide bonds. The van der Waals surface area contributed by atoms with Gasteiger partial charge in [0.2, 0.25) is 0 Å². The van der Waals surface area contributed by atoms with Gasteiger partial charge in [-0.1, -0.05) is 39.3 Å². The Balaban J connectivity index is 2.92. The molecule has 3 saturated heterocycles. The minimum atomic E-state index is -1.57. The van der Waals surface area contributed by atoms with Gasteiger partial charge in [-0.15, -0.1) is 0 Å². The van der Waals surface area contributed by atoms with Crippen LogP contribution in [-0.2, 0) is 0 Å². The van der Waals surface area contributed by atoms with Crippen LogP contribution in [0.15, 0.2) is 0 Å². The minimum Gasteiger partial charge on any atom is -0.300 e. The Kier molecular flexibility index (Phi) is 7.94. The Bertz CT molecular complexity index is 629. The van der Waals surface area contributed by atoms with Gasteiger partial charge in [0.1, 0.15) is 41.6 Å². The highest BCUT2D eigenvalue weighted by Crippen LogP contribution is 2.95. The van der Waals surface area contributed by atoms with Crippen molar-refractivity contribution in [2.24, 2.45) is 0 Å². The van der Waals surface area contributed by atoms with E-state index in [1.807, 2.05) is 0 Å². The summed E-state index contributed by atoms with van der Waals surface area (Å²) < 4.78 is 15.0. The Labute approximate surface area is 207 Å². The van der Waals surface area contributed by atoms with Gasteiger partial charge in [-0.2, -0.15) is 0 Å². The highest BCUT2D eigenvalue weighted by Gasteiger charge is 2.72. The molecule has 0 aromatic rings. The normalized spacial score (nSPS) is 28.4. The molecule has 0 atom stereocenters. The van der Waals surface area contributed by atoms with Crippen molar-refractivity contribution < 1.29 is 0 Å². The van der Waals surface area contributed by atoms with Crippen molar-refractivity contribution in [1.29, 1.82) is 0 Å². The smallest absolute Gasteiger partial charge is 0.139 e. The number of hydrogen-bond donors (Lipinski definition) is 0. The van der Waals surface area contributed by atoms with Gasteiger partial charge < -0.3 is 0 Å². The van der Waals surface area contributed by atoms with E-state index >= 15 is 0 Å². The Morgan fingerprint density at radius 1 is 0.438 bits per heavy atom. The third-order valence-corrected chi connectivity index (χ3v) is 28.2. The first-order valence-corrected chi connectivity index (χ1v) is 22.6. The van der Waals surface area contributed by atoms with Crippen LogP contribution in [-0.4, -0.2) is 60.4 Å². The number of fused-ring (bicyclic) bond motifs is 2. The molecule has 3 heterocycles. The largest absolute Gasteiger partial charge is 0.300 e. The van der Waals surface area contributed by atoms with Crippen molar-refractivity contribution in [3.63, 3.8) is 0 Å². The highest BCUT2D eigenvalue weighted by molar-refractivity contribution is 7.91. The summed E-state index contributed by atoms with van der Waals surface area (Å²) in [5, 5.41) is 0. The fourth-order valence-corrected chi connectivity index (χ4v) is 31.3. The van der Waals surface area contributed by atoms with E-state index in [-0.39, 0.29) is 22.2 Å². The van der Waals surface area contributed by atoms with Crippen LogP contribution in [0.3, 0.4) is 0 Å². The topological polar surface area (TPSA) is 16.2 Å². The van der Waals surface area contributed by atoms with E-state index in [9.17, 15) is 0 Å². The van der Waals surface area contributed by atoms with Gasteiger partial charge in [-0.3, -0.25) is 4.00 Å². The molecule has 3 aliphatic rings. The summed E-state index contributed by atoms with van der Waals surface area (Å²) in [4.78, 5) is 0. The van der Waals surface area contributed by atoms with Crippen LogP contribution in [0.25, 0.3) is 0 Å². The molecule has 2 bridgehead atoms. The zero-order chi connectivity index (χ0) is 25.6. The summed E-state index contributed by atoms with van der Waals surface area (Å²) in [5.41, 5.74) is 0.480. The molecule has 0 saturated carbocycles. The molecule has 0 aromatic heterocycles. The predicted molar refractivity (Wildman–Crippen MR) is 156 cm³/mol. The maximum absolute atomic E-state index is 3.14. The lowest BCUT2D eigenvalue weighted by Gasteiger charge is -2.78. The average molecular weight is 538 g/mol. The minimum absolute atomic E-state index is 0.0906. The van der Waals surface area contributed by atoms with Gasteiger partial charge in [0.05, 0.1) is 0 Å². The van der Waals surface area contributed by atoms with Crippen LogP contribution in [0.1, 0.15) is 83.1 Å². The number of nitrogens with zero attached hydrogens (tertiary/aromatic N) is 5. The molecule has 3 aliphatic heterocycles. The predicted octanol–water partition coefficient (Wildman–Crippen LogP) is 9.07. The van der Waals surface area contributed by atoms with Crippen molar-refractivity contribution in [3.05, 3.63) is 0 Å². The molecule has 0 N–H and O–H groups in total. The quantitative estimate of drug-likeness (QED) is 0.263. The fraction of sp³-hybridized carbons (Fsp3) is 1.00. The van der Waals surface area contributed by atoms with Crippen molar-refractivity contribution >= 4 is 41.6 Å². The van der Waals surface area contributed by atoms with Gasteiger partial charge in [0.25, 0.3) is 0 Å². The second kappa shape index (κ2) is 8.54. The lowest BCUT2D eigenvalue weighted by Crippen LogP contribution is -2.70. The van der Waals surface area contributed by atoms with Crippen molar-refractivity contribution in [1.82, 2.24) is 21.8 Å². The second-order valence-electron chi connectivity index (χ2n) is 15.3. The van der Waals surface area contributed by atoms with E-state index in [0.29, 0.717) is 0 Å². The number of rotatable bonds is 3. The summed E-state index contributed by atoms with van der Waals surface area (Å²) in [6, 6.07) is 0. The zero-order valence-electron chi connectivity index (χ0n) is 24.6. The standard InChI is InChI=1S/C22H54N5P3Si2/c1-19(2,3)23-28-24(20(4,5)6)29(23)26(22(10,11)12)30(25(28)21(7,8)9)27(31(13,14)15)32(16,17)18/h1-18H3. The molecule has 3 rings (SSSR count). The van der Waals surface area contributed by atoms with E-state index in [2.05, 4.69) is 144 Å². The van der Waals surface area contributed by atoms with Crippen molar-refractivity contribution in [2.45, 2.75) is 145 Å². The van der Waals surface area contributed by atoms with Crippen LogP contribution < -0.4 is 0 Å². The van der Waals surface area contributed by atoms with Gasteiger partial charge >= 0.3 is 0 Å². The first kappa shape index (κ1) is 29.8. The zero-order valence-corrected chi connectivity index (χ0v) is 29.3. The molecule has 10 heteroatoms. The molecule has 190 valence electrons. The summed E-state index contributed by atoms with van der Waals surface area (Å²) in [5.74, 6) is 0. The molecule has 32 heavy (non-hydrogen) atoms. The summed E-state index contributed by atoms with van der Waals surface area (Å²) in [6.07, 6.45) is 0. The average Bonchev–Trinajstić information content (AvgIpc) is 2.36. The van der Waals surface area contributed by atoms with Crippen molar-refractivity contribution in [2.75, 3.05) is 0 Å². The van der Waals surface area contributed by atoms with Gasteiger partial charge in [0, 0.05) is 22.2 Å². The van der Waals surface area contributed by atoms with E-state index in [1.54, 1.807) is 0 Å². The van der Waals surface area contributed by atoms with Crippen LogP contribution in [0.2, 0.25) is 39.3 Å². The molecular formula is C22H54N5P3Si2. The number of hydrogen-bond acceptors (Lipinski definition) is 5. The molecular weight excluding hydrogens is 483 g/mol. The maximum Gasteiger partial charge on any atom is 0.139 e. The van der Waals surface area contributed by atoms with E-state index < -0.39 is 41.6 Å². The van der Waals surface area contributed by atoms with Crippen LogP contribution in [0, 0.1) is 0 Å². The van der Waals surface area contributed by atoms with Crippen molar-refractivity contribution in [3.8, 4) is 0 Å². The van der Waals surface area contributed by atoms with E-state index in [1.165, 1.54) is 0 Å². The molecule has 0 spiro atoms. The molecule has 0 aromatic carbocycles. The van der Waals surface area contributed by atoms with Gasteiger partial charge in [-0.05, 0) is 83.1 Å². The third-order valence-electron chi connectivity index (χ3n) is 5.21. The molecule has 0 radical (unpaired) electrons. The lowest BCUT2D eigenvalue weighted by atomic mass is 10.1. The monoisotopic (exact) mass is 537 g/mol. The van der Waals surface area contributed by atoms with Gasteiger partial charge in [0.15, 0.2) is 0 Å². The fourth-order valence-electron chi connectivity index (χ4n) is 4.68. The maximum atomic E-state index is 3.14. The summed E-state index contributed by atoms with van der Waals surface area (Å²) >= 11 is 0. The van der Waals surface area contributed by atoms with E-state index in [0.717, 1.165) is 0 Å². The third kappa shape index (κ3) is 5.43. The van der Waals surface area contributed by atoms with Crippen LogP contribution in [0.5, 0.6) is 0 Å². The molecule has 3 fully saturated rings. The van der Waals surface area contributed by atoms with Crippen LogP contribution in [0.4, 0.5) is 0 Å². The Hall–Kier alpha value is 1.52. The second-order valence-corrected chi connectivity index (χ2v) is 32.5. The van der Waals surface area contributed by atoms with Gasteiger partial charge in [-0.25, -0.2) is 17.8 Å². The van der Waals surface area contributed by atoms with E-state index in [4.69, 9.17) is 0 Å². The lowest BCUT2D eigenvalue weighted by molar-refractivity contribution is 0.194. The molecule has 0 aliphatic carbocycles. The Morgan fingerprint density at radius 2 is 0.656 bits per heavy atom. The first-order valence-electron chi connectivity index (χ1n) is 12.1. The van der Waals surface area contributed by atoms with Crippen LogP contribution >= 0.6 is 25.1 Å². The molecule has 5 nitrogen and oxygen atoms in total. The summed E-state index contributed by atoms with van der Waals surface area (Å²) in [7, 11) is -4.74. The highest BCUT2D eigenvalue weighted by atomic mass is 31.3. The first-order chi connectivity index (χ1) is 13.7. The molecule has 0 unspecified atom stereocenters. The SMILES string of the molecule is CC(C)(C)N1P2N(C(C)(C)C)P1N(C(C)(C)C)P(N([Si](C)(C)C)[Si](C)(C)C)N2C(C)(C)C. The Morgan fingerprint density at radius 3 is 0.812 bits per heavy atom. The summed E-state index contributed by atoms with van der Waals surface area (Å²) in [6.45, 7) is 44.9.